The normalized spacial score (nSPS) is 13.1. The summed E-state index contributed by atoms with van der Waals surface area (Å²) in [6.07, 6.45) is 1.16. The summed E-state index contributed by atoms with van der Waals surface area (Å²) in [4.78, 5) is 26.7. The van der Waals surface area contributed by atoms with E-state index in [1.165, 1.54) is 29.5 Å². The molecule has 1 aliphatic heterocycles. The van der Waals surface area contributed by atoms with Gasteiger partial charge >= 0.3 is 5.97 Å². The van der Waals surface area contributed by atoms with Crippen molar-refractivity contribution in [2.75, 3.05) is 6.79 Å². The van der Waals surface area contributed by atoms with Crippen LogP contribution in [0.3, 0.4) is 0 Å². The van der Waals surface area contributed by atoms with E-state index in [0.717, 1.165) is 10.2 Å². The summed E-state index contributed by atoms with van der Waals surface area (Å²) in [5, 5.41) is 21.2. The second-order valence-electron chi connectivity index (χ2n) is 5.75. The van der Waals surface area contributed by atoms with Crippen LogP contribution in [0.1, 0.15) is 17.0 Å². The molecule has 8 nitrogen and oxygen atoms in total. The Morgan fingerprint density at radius 2 is 2.04 bits per heavy atom. The van der Waals surface area contributed by atoms with Gasteiger partial charge in [0.1, 0.15) is 5.01 Å². The van der Waals surface area contributed by atoms with E-state index >= 15 is 0 Å². The van der Waals surface area contributed by atoms with Crippen LogP contribution >= 0.6 is 11.3 Å². The van der Waals surface area contributed by atoms with E-state index in [1.807, 2.05) is 24.3 Å². The molecule has 27 heavy (non-hydrogen) atoms. The van der Waals surface area contributed by atoms with E-state index < -0.39 is 10.9 Å². The molecule has 0 saturated heterocycles. The Bertz CT molecular complexity index is 1070. The van der Waals surface area contributed by atoms with Crippen LogP contribution in [0.15, 0.2) is 36.4 Å². The second-order valence-corrected chi connectivity index (χ2v) is 6.78. The van der Waals surface area contributed by atoms with Crippen LogP contribution in [0.25, 0.3) is 21.9 Å². The third-order valence-electron chi connectivity index (χ3n) is 3.96. The van der Waals surface area contributed by atoms with E-state index in [1.54, 1.807) is 0 Å². The van der Waals surface area contributed by atoms with E-state index in [9.17, 15) is 20.0 Å². The van der Waals surface area contributed by atoms with E-state index in [-0.39, 0.29) is 24.5 Å². The number of hydrogen-bond acceptors (Lipinski definition) is 7. The Morgan fingerprint density at radius 1 is 1.30 bits per heavy atom. The van der Waals surface area contributed by atoms with Gasteiger partial charge in [-0.15, -0.1) is 11.3 Å². The highest BCUT2D eigenvalue weighted by molar-refractivity contribution is 7.19. The molecule has 3 aromatic rings. The molecule has 1 N–H and O–H groups in total. The van der Waals surface area contributed by atoms with Gasteiger partial charge in [-0.1, -0.05) is 12.1 Å². The summed E-state index contributed by atoms with van der Waals surface area (Å²) in [5.41, 5.74) is 1.17. The van der Waals surface area contributed by atoms with Gasteiger partial charge in [0.2, 0.25) is 6.79 Å². The lowest BCUT2D eigenvalue weighted by atomic mass is 10.1. The van der Waals surface area contributed by atoms with Crippen molar-refractivity contribution in [3.63, 3.8) is 0 Å². The first-order valence-electron chi connectivity index (χ1n) is 7.87. The number of fused-ring (bicyclic) bond motifs is 2. The number of aliphatic carboxylic acids is 1. The summed E-state index contributed by atoms with van der Waals surface area (Å²) in [6, 6.07) is 10.2. The molecule has 4 rings (SSSR count). The van der Waals surface area contributed by atoms with Gasteiger partial charge in [0.25, 0.3) is 5.69 Å². The number of para-hydroxylation sites is 1. The van der Waals surface area contributed by atoms with Crippen molar-refractivity contribution in [3.8, 4) is 11.5 Å². The molecule has 1 aromatic heterocycles. The third kappa shape index (κ3) is 3.32. The lowest BCUT2D eigenvalue weighted by Gasteiger charge is -2.04. The fraction of sp³-hybridized carbons (Fsp3) is 0.111. The van der Waals surface area contributed by atoms with Crippen LogP contribution < -0.4 is 9.47 Å². The number of benzene rings is 2. The highest BCUT2D eigenvalue weighted by Gasteiger charge is 2.23. The minimum absolute atomic E-state index is 0.0144. The van der Waals surface area contributed by atoms with Gasteiger partial charge in [-0.3, -0.25) is 14.9 Å². The number of rotatable bonds is 5. The van der Waals surface area contributed by atoms with E-state index in [2.05, 4.69) is 4.98 Å². The largest absolute Gasteiger partial charge is 0.481 e. The fourth-order valence-corrected chi connectivity index (χ4v) is 3.75. The average Bonchev–Trinajstić information content (AvgIpc) is 3.25. The van der Waals surface area contributed by atoms with Crippen LogP contribution in [0.5, 0.6) is 11.5 Å². The molecule has 2 aromatic carbocycles. The molecule has 0 aliphatic carbocycles. The molecule has 0 unspecified atom stereocenters. The first kappa shape index (κ1) is 17.0. The molecule has 0 fully saturated rings. The predicted molar refractivity (Wildman–Crippen MR) is 99.0 cm³/mol. The summed E-state index contributed by atoms with van der Waals surface area (Å²) in [7, 11) is 0. The zero-order chi connectivity index (χ0) is 19.0. The van der Waals surface area contributed by atoms with Crippen LogP contribution in [-0.2, 0) is 4.79 Å². The number of thiazole rings is 1. The standard InChI is InChI=1S/C18H12N2O6S/c21-17(22)7-11(18-19-12-3-1-2-4-16(12)27-18)5-10-6-14-15(26-9-25-14)8-13(10)20(23)24/h1-6,8H,7,9H2,(H,21,22)/b11-5+. The zero-order valence-corrected chi connectivity index (χ0v) is 14.6. The van der Waals surface area contributed by atoms with Crippen molar-refractivity contribution in [2.24, 2.45) is 0 Å². The third-order valence-corrected chi connectivity index (χ3v) is 5.07. The van der Waals surface area contributed by atoms with Crippen molar-refractivity contribution in [2.45, 2.75) is 6.42 Å². The topological polar surface area (TPSA) is 112 Å². The molecule has 136 valence electrons. The molecule has 9 heteroatoms. The first-order chi connectivity index (χ1) is 13.0. The van der Waals surface area contributed by atoms with Crippen LogP contribution in [-0.4, -0.2) is 27.8 Å². The van der Waals surface area contributed by atoms with Gasteiger partial charge in [-0.05, 0) is 29.8 Å². The van der Waals surface area contributed by atoms with Gasteiger partial charge in [0.05, 0.1) is 33.2 Å². The van der Waals surface area contributed by atoms with E-state index in [4.69, 9.17) is 9.47 Å². The Kier molecular flexibility index (Phi) is 4.21. The molecule has 0 atom stereocenters. The summed E-state index contributed by atoms with van der Waals surface area (Å²) in [5.74, 6) is -0.381. The minimum Gasteiger partial charge on any atom is -0.481 e. The number of carboxylic acids is 1. The molecule has 0 radical (unpaired) electrons. The molecule has 0 spiro atoms. The van der Waals surface area contributed by atoms with E-state index in [0.29, 0.717) is 22.1 Å². The summed E-state index contributed by atoms with van der Waals surface area (Å²) >= 11 is 1.34. The molecule has 0 saturated carbocycles. The van der Waals surface area contributed by atoms with Gasteiger partial charge in [0.15, 0.2) is 11.5 Å². The van der Waals surface area contributed by atoms with Gasteiger partial charge < -0.3 is 14.6 Å². The molecule has 0 amide bonds. The van der Waals surface area contributed by atoms with Crippen LogP contribution in [0.2, 0.25) is 0 Å². The molecular formula is C18H12N2O6S. The quantitative estimate of drug-likeness (QED) is 0.523. The molecule has 1 aliphatic rings. The van der Waals surface area contributed by atoms with Gasteiger partial charge in [-0.25, -0.2) is 4.98 Å². The maximum absolute atomic E-state index is 11.5. The first-order valence-corrected chi connectivity index (χ1v) is 8.69. The zero-order valence-electron chi connectivity index (χ0n) is 13.7. The van der Waals surface area contributed by atoms with Crippen molar-refractivity contribution in [3.05, 3.63) is 57.1 Å². The van der Waals surface area contributed by atoms with Gasteiger partial charge in [-0.2, -0.15) is 0 Å². The predicted octanol–water partition coefficient (Wildman–Crippen LogP) is 3.95. The Hall–Kier alpha value is -3.46. The lowest BCUT2D eigenvalue weighted by Crippen LogP contribution is -1.98. The lowest BCUT2D eigenvalue weighted by molar-refractivity contribution is -0.385. The summed E-state index contributed by atoms with van der Waals surface area (Å²) in [6.45, 7) is -0.0144. The monoisotopic (exact) mass is 384 g/mol. The minimum atomic E-state index is -1.05. The number of carbonyl (C=O) groups is 1. The van der Waals surface area contributed by atoms with Crippen molar-refractivity contribution in [1.82, 2.24) is 4.98 Å². The SMILES string of the molecule is O=C(O)C/C(=C\c1cc2c(cc1[N+](=O)[O-])OCO2)c1nc2ccccc2s1. The average molecular weight is 384 g/mol. The maximum Gasteiger partial charge on any atom is 0.307 e. The second kappa shape index (κ2) is 6.69. The summed E-state index contributed by atoms with van der Waals surface area (Å²) < 4.78 is 11.4. The Labute approximate surface area is 156 Å². The number of ether oxygens (including phenoxy) is 2. The maximum atomic E-state index is 11.5. The van der Waals surface area contributed by atoms with Crippen molar-refractivity contribution < 1.29 is 24.3 Å². The number of nitrogens with zero attached hydrogens (tertiary/aromatic N) is 2. The highest BCUT2D eigenvalue weighted by Crippen LogP contribution is 2.40. The highest BCUT2D eigenvalue weighted by atomic mass is 32.1. The van der Waals surface area contributed by atoms with Crippen LogP contribution in [0, 0.1) is 10.1 Å². The number of nitro benzene ring substituents is 1. The number of nitro groups is 1. The van der Waals surface area contributed by atoms with Crippen molar-refractivity contribution in [1.29, 1.82) is 0 Å². The van der Waals surface area contributed by atoms with Crippen LogP contribution in [0.4, 0.5) is 5.69 Å². The smallest absolute Gasteiger partial charge is 0.307 e. The fourth-order valence-electron chi connectivity index (χ4n) is 2.77. The number of carboxylic acid groups (broad SMARTS) is 1. The van der Waals surface area contributed by atoms with Gasteiger partial charge in [0, 0.05) is 0 Å². The molecule has 2 heterocycles. The number of aromatic nitrogens is 1. The Morgan fingerprint density at radius 3 is 2.74 bits per heavy atom. The Balaban J connectivity index is 1.86. The number of hydrogen-bond donors (Lipinski definition) is 1. The molecular weight excluding hydrogens is 372 g/mol. The van der Waals surface area contributed by atoms with Crippen molar-refractivity contribution >= 4 is 44.9 Å². The molecule has 0 bridgehead atoms.